The molecule has 2 fully saturated rings. The van der Waals surface area contributed by atoms with Gasteiger partial charge in [0.15, 0.2) is 0 Å². The fraction of sp³-hybridized carbons (Fsp3) is 0.619. The van der Waals surface area contributed by atoms with Gasteiger partial charge in [-0.1, -0.05) is 31.5 Å². The minimum atomic E-state index is 0.0923. The average Bonchev–Trinajstić information content (AvgIpc) is 2.61. The molecule has 5 heteroatoms. The second kappa shape index (κ2) is 8.21. The van der Waals surface area contributed by atoms with Crippen molar-refractivity contribution < 1.29 is 9.59 Å². The summed E-state index contributed by atoms with van der Waals surface area (Å²) in [5.74, 6) is 1.51. The number of benzene rings is 1. The molecule has 0 spiro atoms. The van der Waals surface area contributed by atoms with Crippen LogP contribution in [0.25, 0.3) is 0 Å². The average molecular weight is 357 g/mol. The van der Waals surface area contributed by atoms with E-state index >= 15 is 0 Å². The highest BCUT2D eigenvalue weighted by molar-refractivity contribution is 5.94. The molecular formula is C21H31N3O2. The molecule has 2 heterocycles. The lowest BCUT2D eigenvalue weighted by Crippen LogP contribution is -2.53. The van der Waals surface area contributed by atoms with Crippen molar-refractivity contribution in [1.29, 1.82) is 0 Å². The number of aryl methyl sites for hydroxylation is 1. The van der Waals surface area contributed by atoms with Crippen molar-refractivity contribution in [2.45, 2.75) is 27.2 Å². The second-order valence-corrected chi connectivity index (χ2v) is 8.18. The first kappa shape index (κ1) is 18.9. The molecule has 26 heavy (non-hydrogen) atoms. The summed E-state index contributed by atoms with van der Waals surface area (Å²) in [6, 6.07) is 7.74. The minimum Gasteiger partial charge on any atom is -0.341 e. The Labute approximate surface area is 156 Å². The molecule has 0 aliphatic carbocycles. The van der Waals surface area contributed by atoms with Gasteiger partial charge in [0.2, 0.25) is 5.91 Å². The van der Waals surface area contributed by atoms with Gasteiger partial charge >= 0.3 is 0 Å². The number of piperidine rings is 1. The Morgan fingerprint density at radius 3 is 2.08 bits per heavy atom. The van der Waals surface area contributed by atoms with Crippen LogP contribution in [0, 0.1) is 18.8 Å². The molecule has 2 saturated heterocycles. The van der Waals surface area contributed by atoms with Crippen molar-refractivity contribution in [3.8, 4) is 0 Å². The smallest absolute Gasteiger partial charge is 0.253 e. The zero-order valence-corrected chi connectivity index (χ0v) is 16.3. The summed E-state index contributed by atoms with van der Waals surface area (Å²) in [6.45, 7) is 11.6. The maximum absolute atomic E-state index is 12.6. The van der Waals surface area contributed by atoms with Gasteiger partial charge in [-0.3, -0.25) is 14.5 Å². The van der Waals surface area contributed by atoms with Crippen LogP contribution in [0.4, 0.5) is 0 Å². The van der Waals surface area contributed by atoms with E-state index in [2.05, 4.69) is 18.7 Å². The monoisotopic (exact) mass is 357 g/mol. The highest BCUT2D eigenvalue weighted by Crippen LogP contribution is 2.21. The second-order valence-electron chi connectivity index (χ2n) is 8.18. The zero-order chi connectivity index (χ0) is 18.7. The molecule has 0 radical (unpaired) electrons. The summed E-state index contributed by atoms with van der Waals surface area (Å²) < 4.78 is 0. The van der Waals surface area contributed by atoms with Crippen LogP contribution in [0.2, 0.25) is 0 Å². The Bertz CT molecular complexity index is 625. The maximum Gasteiger partial charge on any atom is 0.253 e. The van der Waals surface area contributed by atoms with E-state index in [-0.39, 0.29) is 11.8 Å². The van der Waals surface area contributed by atoms with Crippen molar-refractivity contribution in [2.24, 2.45) is 11.8 Å². The molecule has 1 aromatic rings. The van der Waals surface area contributed by atoms with Crippen LogP contribution in [-0.2, 0) is 4.79 Å². The van der Waals surface area contributed by atoms with E-state index in [1.807, 2.05) is 41.0 Å². The van der Waals surface area contributed by atoms with Crippen LogP contribution in [0.3, 0.4) is 0 Å². The number of amides is 2. The first-order valence-corrected chi connectivity index (χ1v) is 9.78. The third-order valence-electron chi connectivity index (χ3n) is 5.54. The highest BCUT2D eigenvalue weighted by atomic mass is 16.2. The lowest BCUT2D eigenvalue weighted by Gasteiger charge is -2.38. The lowest BCUT2D eigenvalue weighted by atomic mass is 9.92. The molecule has 2 amide bonds. The molecule has 5 nitrogen and oxygen atoms in total. The van der Waals surface area contributed by atoms with Crippen molar-refractivity contribution >= 4 is 11.8 Å². The van der Waals surface area contributed by atoms with E-state index in [4.69, 9.17) is 0 Å². The Balaban J connectivity index is 1.48. The van der Waals surface area contributed by atoms with Crippen molar-refractivity contribution in [2.75, 3.05) is 45.8 Å². The van der Waals surface area contributed by atoms with Gasteiger partial charge in [0.25, 0.3) is 5.91 Å². The molecule has 0 saturated carbocycles. The molecule has 0 N–H and O–H groups in total. The number of carbonyl (C=O) groups is 2. The molecular weight excluding hydrogens is 326 g/mol. The molecule has 0 bridgehead atoms. The Morgan fingerprint density at radius 1 is 0.923 bits per heavy atom. The normalized spacial score (nSPS) is 24.6. The van der Waals surface area contributed by atoms with Gasteiger partial charge in [0.1, 0.15) is 0 Å². The van der Waals surface area contributed by atoms with Gasteiger partial charge in [-0.2, -0.15) is 0 Å². The number of piperazine rings is 1. The van der Waals surface area contributed by atoms with Crippen molar-refractivity contribution in [1.82, 2.24) is 14.7 Å². The maximum atomic E-state index is 12.6. The summed E-state index contributed by atoms with van der Waals surface area (Å²) >= 11 is 0. The number of carbonyl (C=O) groups excluding carboxylic acids is 2. The first-order chi connectivity index (χ1) is 12.4. The summed E-state index contributed by atoms with van der Waals surface area (Å²) in [5.41, 5.74) is 1.91. The van der Waals surface area contributed by atoms with E-state index in [0.717, 1.165) is 37.3 Å². The summed E-state index contributed by atoms with van der Waals surface area (Å²) in [6.07, 6.45) is 1.21. The number of rotatable bonds is 3. The predicted molar refractivity (Wildman–Crippen MR) is 103 cm³/mol. The van der Waals surface area contributed by atoms with Crippen LogP contribution in [0.15, 0.2) is 24.3 Å². The molecule has 1 aromatic carbocycles. The van der Waals surface area contributed by atoms with E-state index in [0.29, 0.717) is 31.5 Å². The van der Waals surface area contributed by atoms with Gasteiger partial charge in [-0.15, -0.1) is 0 Å². The summed E-state index contributed by atoms with van der Waals surface area (Å²) in [4.78, 5) is 31.3. The topological polar surface area (TPSA) is 43.9 Å². The molecule has 3 rings (SSSR count). The van der Waals surface area contributed by atoms with Gasteiger partial charge < -0.3 is 9.80 Å². The number of likely N-dealkylation sites (tertiary alicyclic amines) is 1. The predicted octanol–water partition coefficient (Wildman–Crippen LogP) is 2.26. The fourth-order valence-corrected chi connectivity index (χ4v) is 4.15. The molecule has 2 aliphatic heterocycles. The number of hydrogen-bond donors (Lipinski definition) is 0. The van der Waals surface area contributed by atoms with Crippen molar-refractivity contribution in [3.05, 3.63) is 35.4 Å². The Kier molecular flexibility index (Phi) is 5.97. The number of nitrogens with zero attached hydrogens (tertiary/aromatic N) is 3. The molecule has 2 unspecified atom stereocenters. The van der Waals surface area contributed by atoms with E-state index in [1.165, 1.54) is 6.42 Å². The standard InChI is InChI=1S/C21H31N3O2/c1-16-4-6-19(7-5-16)21(26)23-10-8-22(9-11-23)15-20(25)24-13-17(2)12-18(3)14-24/h4-7,17-18H,8-15H2,1-3H3. The van der Waals surface area contributed by atoms with Gasteiger partial charge in [0.05, 0.1) is 6.54 Å². The van der Waals surface area contributed by atoms with Crippen LogP contribution < -0.4 is 0 Å². The fourth-order valence-electron chi connectivity index (χ4n) is 4.15. The third kappa shape index (κ3) is 4.64. The number of hydrogen-bond acceptors (Lipinski definition) is 3. The summed E-state index contributed by atoms with van der Waals surface area (Å²) in [7, 11) is 0. The molecule has 142 valence electrons. The largest absolute Gasteiger partial charge is 0.341 e. The lowest BCUT2D eigenvalue weighted by molar-refractivity contribution is -0.135. The molecule has 2 atom stereocenters. The Morgan fingerprint density at radius 2 is 1.50 bits per heavy atom. The van der Waals surface area contributed by atoms with E-state index in [1.54, 1.807) is 0 Å². The molecule has 0 aromatic heterocycles. The third-order valence-corrected chi connectivity index (χ3v) is 5.54. The van der Waals surface area contributed by atoms with Gasteiger partial charge in [0, 0.05) is 44.8 Å². The minimum absolute atomic E-state index is 0.0923. The SMILES string of the molecule is Cc1ccc(C(=O)N2CCN(CC(=O)N3CC(C)CC(C)C3)CC2)cc1. The van der Waals surface area contributed by atoms with Gasteiger partial charge in [-0.05, 0) is 37.3 Å². The first-order valence-electron chi connectivity index (χ1n) is 9.78. The van der Waals surface area contributed by atoms with Gasteiger partial charge in [-0.25, -0.2) is 0 Å². The molecule has 2 aliphatic rings. The van der Waals surface area contributed by atoms with Crippen LogP contribution in [-0.4, -0.2) is 72.3 Å². The van der Waals surface area contributed by atoms with E-state index in [9.17, 15) is 9.59 Å². The van der Waals surface area contributed by atoms with Crippen LogP contribution >= 0.6 is 0 Å². The summed E-state index contributed by atoms with van der Waals surface area (Å²) in [5, 5.41) is 0. The van der Waals surface area contributed by atoms with Crippen molar-refractivity contribution in [3.63, 3.8) is 0 Å². The zero-order valence-electron chi connectivity index (χ0n) is 16.3. The van der Waals surface area contributed by atoms with E-state index < -0.39 is 0 Å². The quantitative estimate of drug-likeness (QED) is 0.833. The van der Waals surface area contributed by atoms with Crippen LogP contribution in [0.1, 0.15) is 36.2 Å². The highest BCUT2D eigenvalue weighted by Gasteiger charge is 2.28. The Hall–Kier alpha value is -1.88. The van der Waals surface area contributed by atoms with Crippen LogP contribution in [0.5, 0.6) is 0 Å².